The minimum absolute atomic E-state index is 0.219. The van der Waals surface area contributed by atoms with Crippen molar-refractivity contribution >= 4 is 5.91 Å². The first-order valence-electron chi connectivity index (χ1n) is 5.38. The number of hydrogen-bond acceptors (Lipinski definition) is 2. The lowest BCUT2D eigenvalue weighted by Gasteiger charge is -2.18. The summed E-state index contributed by atoms with van der Waals surface area (Å²) in [7, 11) is 0. The van der Waals surface area contributed by atoms with Crippen molar-refractivity contribution in [2.75, 3.05) is 6.61 Å². The Morgan fingerprint density at radius 1 is 1.33 bits per heavy atom. The van der Waals surface area contributed by atoms with Gasteiger partial charge in [-0.15, -0.1) is 0 Å². The van der Waals surface area contributed by atoms with Crippen LogP contribution in [-0.2, 0) is 9.63 Å². The van der Waals surface area contributed by atoms with E-state index in [9.17, 15) is 18.0 Å². The number of benzene rings is 1. The van der Waals surface area contributed by atoms with Gasteiger partial charge in [-0.05, 0) is 5.56 Å². The smallest absolute Gasteiger partial charge is 0.273 e. The second kappa shape index (κ2) is 6.39. The largest absolute Gasteiger partial charge is 0.389 e. The number of halogens is 3. The molecule has 0 heterocycles. The zero-order valence-corrected chi connectivity index (χ0v) is 9.83. The summed E-state index contributed by atoms with van der Waals surface area (Å²) >= 11 is 0. The van der Waals surface area contributed by atoms with Crippen LogP contribution in [-0.4, -0.2) is 18.7 Å². The van der Waals surface area contributed by atoms with Crippen molar-refractivity contribution in [2.24, 2.45) is 0 Å². The summed E-state index contributed by atoms with van der Waals surface area (Å²) in [5.41, 5.74) is 2.55. The number of nitrogens with one attached hydrogen (secondary N) is 1. The number of carbonyl (C=O) groups excluding carboxylic acids is 1. The molecule has 0 saturated heterocycles. The van der Waals surface area contributed by atoms with Gasteiger partial charge in [-0.1, -0.05) is 30.3 Å². The van der Waals surface area contributed by atoms with E-state index in [-0.39, 0.29) is 6.61 Å². The van der Waals surface area contributed by atoms with E-state index in [0.29, 0.717) is 5.56 Å². The Balaban J connectivity index is 2.67. The molecule has 0 unspecified atom stereocenters. The summed E-state index contributed by atoms with van der Waals surface area (Å²) in [5.74, 6) is -1.29. The molecule has 0 fully saturated rings. The third-order valence-electron chi connectivity index (χ3n) is 2.25. The first kappa shape index (κ1) is 14.5. The van der Waals surface area contributed by atoms with Crippen LogP contribution in [0.1, 0.15) is 24.8 Å². The zero-order valence-electron chi connectivity index (χ0n) is 9.83. The van der Waals surface area contributed by atoms with Gasteiger partial charge in [-0.25, -0.2) is 5.48 Å². The maximum absolute atomic E-state index is 12.4. The molecule has 0 bridgehead atoms. The molecule has 6 heteroatoms. The van der Waals surface area contributed by atoms with Crippen LogP contribution in [0, 0.1) is 0 Å². The maximum atomic E-state index is 12.4. The van der Waals surface area contributed by atoms with Crippen molar-refractivity contribution < 1.29 is 22.8 Å². The average Bonchev–Trinajstić information content (AvgIpc) is 2.27. The van der Waals surface area contributed by atoms with E-state index in [0.717, 1.165) is 0 Å². The highest BCUT2D eigenvalue weighted by Crippen LogP contribution is 2.31. The summed E-state index contributed by atoms with van der Waals surface area (Å²) in [5, 5.41) is 0. The Morgan fingerprint density at radius 2 is 1.94 bits per heavy atom. The van der Waals surface area contributed by atoms with E-state index in [1.807, 2.05) is 5.48 Å². The highest BCUT2D eigenvalue weighted by molar-refractivity contribution is 5.71. The Kier molecular flexibility index (Phi) is 5.15. The summed E-state index contributed by atoms with van der Waals surface area (Å²) in [6, 6.07) is 8.26. The topological polar surface area (TPSA) is 38.3 Å². The molecule has 0 spiro atoms. The Morgan fingerprint density at radius 3 is 2.44 bits per heavy atom. The third kappa shape index (κ3) is 5.67. The van der Waals surface area contributed by atoms with Crippen LogP contribution in [0.15, 0.2) is 30.3 Å². The minimum atomic E-state index is -4.28. The van der Waals surface area contributed by atoms with Crippen molar-refractivity contribution in [3.63, 3.8) is 0 Å². The number of alkyl halides is 3. The molecule has 1 aromatic carbocycles. The monoisotopic (exact) mass is 261 g/mol. The van der Waals surface area contributed by atoms with Gasteiger partial charge >= 0.3 is 6.18 Å². The highest BCUT2D eigenvalue weighted by atomic mass is 19.4. The van der Waals surface area contributed by atoms with E-state index in [1.54, 1.807) is 30.3 Å². The molecule has 18 heavy (non-hydrogen) atoms. The quantitative estimate of drug-likeness (QED) is 0.828. The number of carbonyl (C=O) groups is 1. The van der Waals surface area contributed by atoms with Crippen LogP contribution < -0.4 is 5.48 Å². The van der Waals surface area contributed by atoms with Gasteiger partial charge in [0.2, 0.25) is 5.91 Å². The number of amides is 1. The lowest BCUT2D eigenvalue weighted by Crippen LogP contribution is -2.25. The normalized spacial score (nSPS) is 13.1. The van der Waals surface area contributed by atoms with Crippen molar-refractivity contribution in [3.8, 4) is 0 Å². The number of hydrogen-bond donors (Lipinski definition) is 1. The molecule has 1 N–H and O–H groups in total. The van der Waals surface area contributed by atoms with Gasteiger partial charge in [0.1, 0.15) is 0 Å². The molecule has 0 aliphatic heterocycles. The van der Waals surface area contributed by atoms with Gasteiger partial charge in [-0.2, -0.15) is 13.2 Å². The maximum Gasteiger partial charge on any atom is 0.389 e. The van der Waals surface area contributed by atoms with Crippen molar-refractivity contribution in [3.05, 3.63) is 35.9 Å². The first-order valence-corrected chi connectivity index (χ1v) is 5.38. The lowest BCUT2D eigenvalue weighted by atomic mass is 9.96. The van der Waals surface area contributed by atoms with Crippen LogP contribution in [0.2, 0.25) is 0 Å². The van der Waals surface area contributed by atoms with Crippen molar-refractivity contribution in [2.45, 2.75) is 25.4 Å². The van der Waals surface area contributed by atoms with Crippen LogP contribution in [0.4, 0.5) is 13.2 Å². The third-order valence-corrected chi connectivity index (χ3v) is 2.25. The summed E-state index contributed by atoms with van der Waals surface area (Å²) in [6.07, 6.45) is -5.27. The second-order valence-corrected chi connectivity index (χ2v) is 3.90. The van der Waals surface area contributed by atoms with Crippen LogP contribution in [0.3, 0.4) is 0 Å². The highest BCUT2D eigenvalue weighted by Gasteiger charge is 2.32. The molecular formula is C12H14F3NO2. The Labute approximate surface area is 103 Å². The fourth-order valence-corrected chi connectivity index (χ4v) is 1.52. The van der Waals surface area contributed by atoms with E-state index < -0.39 is 24.4 Å². The van der Waals surface area contributed by atoms with Gasteiger partial charge in [-0.3, -0.25) is 9.63 Å². The molecule has 1 aromatic rings. The van der Waals surface area contributed by atoms with Gasteiger partial charge in [0.25, 0.3) is 0 Å². The van der Waals surface area contributed by atoms with E-state index >= 15 is 0 Å². The fourth-order valence-electron chi connectivity index (χ4n) is 1.52. The average molecular weight is 261 g/mol. The van der Waals surface area contributed by atoms with Gasteiger partial charge in [0.15, 0.2) is 0 Å². The molecule has 3 nitrogen and oxygen atoms in total. The van der Waals surface area contributed by atoms with Crippen LogP contribution in [0.5, 0.6) is 0 Å². The molecule has 0 aromatic heterocycles. The summed E-state index contributed by atoms with van der Waals surface area (Å²) in [4.78, 5) is 15.3. The minimum Gasteiger partial charge on any atom is -0.273 e. The van der Waals surface area contributed by atoms with Crippen molar-refractivity contribution in [1.82, 2.24) is 5.48 Å². The van der Waals surface area contributed by atoms with E-state index in [1.165, 1.54) is 6.92 Å². The molecule has 1 amide bonds. The van der Waals surface area contributed by atoms with E-state index in [4.69, 9.17) is 4.84 Å². The molecule has 1 rings (SSSR count). The lowest BCUT2D eigenvalue weighted by molar-refractivity contribution is -0.146. The van der Waals surface area contributed by atoms with Gasteiger partial charge in [0.05, 0.1) is 13.0 Å². The Bertz CT molecular complexity index is 379. The molecule has 0 radical (unpaired) electrons. The molecule has 0 aliphatic rings. The number of rotatable bonds is 5. The van der Waals surface area contributed by atoms with Gasteiger partial charge in [0, 0.05) is 12.8 Å². The van der Waals surface area contributed by atoms with Crippen molar-refractivity contribution in [1.29, 1.82) is 0 Å². The summed E-state index contributed by atoms with van der Waals surface area (Å²) < 4.78 is 37.3. The molecule has 0 aliphatic carbocycles. The summed E-state index contributed by atoms with van der Waals surface area (Å²) in [6.45, 7) is 1.00. The number of hydroxylamine groups is 1. The molecule has 0 saturated carbocycles. The molecule has 1 atom stereocenters. The van der Waals surface area contributed by atoms with E-state index in [2.05, 4.69) is 0 Å². The SMILES string of the molecule is CC(=O)NOC[C@@H](CC(F)(F)F)c1ccccc1. The fraction of sp³-hybridized carbons (Fsp3) is 0.417. The second-order valence-electron chi connectivity index (χ2n) is 3.90. The molecular weight excluding hydrogens is 247 g/mol. The first-order chi connectivity index (χ1) is 8.38. The molecule has 100 valence electrons. The van der Waals surface area contributed by atoms with Crippen LogP contribution in [0.25, 0.3) is 0 Å². The zero-order chi connectivity index (χ0) is 13.6. The van der Waals surface area contributed by atoms with Gasteiger partial charge < -0.3 is 0 Å². The Hall–Kier alpha value is -1.56. The predicted molar refractivity (Wildman–Crippen MR) is 59.6 cm³/mol. The predicted octanol–water partition coefficient (Wildman–Crippen LogP) is 2.79. The standard InChI is InChI=1S/C12H14F3NO2/c1-9(17)16-18-8-11(7-12(13,14)15)10-5-3-2-4-6-10/h2-6,11H,7-8H2,1H3,(H,16,17)/t11-/m1/s1. The van der Waals surface area contributed by atoms with Crippen LogP contribution >= 0.6 is 0 Å².